The molecule has 5 N–H and O–H groups in total. The fourth-order valence-electron chi connectivity index (χ4n) is 0.603. The van der Waals surface area contributed by atoms with Gasteiger partial charge in [0.15, 0.2) is 0 Å². The maximum atomic E-state index is 5.54. The highest BCUT2D eigenvalue weighted by atomic mass is 14.9. The van der Waals surface area contributed by atoms with Crippen LogP contribution in [0.5, 0.6) is 0 Å². The molecule has 0 aliphatic rings. The van der Waals surface area contributed by atoms with Crippen molar-refractivity contribution in [1.29, 1.82) is 0 Å². The number of rotatable bonds is 4. The van der Waals surface area contributed by atoms with Crippen LogP contribution < -0.4 is 16.8 Å². The largest absolute Gasteiger partial charge is 0.398 e. The number of nitrogens with two attached hydrogens (primary N) is 2. The SMILES string of the molecule is C/C=C\C(N)=C\NCC(C)N. The van der Waals surface area contributed by atoms with E-state index in [1.165, 1.54) is 0 Å². The van der Waals surface area contributed by atoms with Crippen LogP contribution in [0.1, 0.15) is 13.8 Å². The van der Waals surface area contributed by atoms with Crippen LogP contribution in [-0.2, 0) is 0 Å². The van der Waals surface area contributed by atoms with Gasteiger partial charge in [0.1, 0.15) is 0 Å². The quantitative estimate of drug-likeness (QED) is 0.512. The second-order valence-corrected chi connectivity index (χ2v) is 2.53. The van der Waals surface area contributed by atoms with Crippen LogP contribution in [0, 0.1) is 0 Å². The monoisotopic (exact) mass is 155 g/mol. The lowest BCUT2D eigenvalue weighted by molar-refractivity contribution is 0.685. The second kappa shape index (κ2) is 5.80. The molecule has 0 radical (unpaired) electrons. The number of allylic oxidation sites excluding steroid dienone is 2. The van der Waals surface area contributed by atoms with Crippen LogP contribution in [0.15, 0.2) is 24.0 Å². The van der Waals surface area contributed by atoms with E-state index in [0.29, 0.717) is 5.70 Å². The molecule has 0 spiro atoms. The predicted octanol–water partition coefficient (Wildman–Crippen LogP) is 0.299. The average Bonchev–Trinajstić information content (AvgIpc) is 1.87. The highest BCUT2D eigenvalue weighted by Crippen LogP contribution is 1.83. The van der Waals surface area contributed by atoms with Crippen LogP contribution >= 0.6 is 0 Å². The van der Waals surface area contributed by atoms with Crippen molar-refractivity contribution < 1.29 is 0 Å². The predicted molar refractivity (Wildman–Crippen MR) is 48.7 cm³/mol. The van der Waals surface area contributed by atoms with Crippen LogP contribution in [0.3, 0.4) is 0 Å². The first-order chi connectivity index (χ1) is 5.16. The van der Waals surface area contributed by atoms with Crippen molar-refractivity contribution in [1.82, 2.24) is 5.32 Å². The summed E-state index contributed by atoms with van der Waals surface area (Å²) in [5.41, 5.74) is 11.8. The van der Waals surface area contributed by atoms with Crippen molar-refractivity contribution >= 4 is 0 Å². The lowest BCUT2D eigenvalue weighted by Crippen LogP contribution is -2.28. The summed E-state index contributed by atoms with van der Waals surface area (Å²) in [6, 6.07) is 0.157. The van der Waals surface area contributed by atoms with E-state index in [1.807, 2.05) is 26.0 Å². The molecule has 0 aromatic carbocycles. The van der Waals surface area contributed by atoms with E-state index in [-0.39, 0.29) is 6.04 Å². The molecule has 0 aromatic rings. The molecule has 64 valence electrons. The van der Waals surface area contributed by atoms with E-state index in [1.54, 1.807) is 6.20 Å². The van der Waals surface area contributed by atoms with E-state index >= 15 is 0 Å². The molecule has 3 nitrogen and oxygen atoms in total. The van der Waals surface area contributed by atoms with Crippen LogP contribution in [0.4, 0.5) is 0 Å². The van der Waals surface area contributed by atoms with E-state index < -0.39 is 0 Å². The topological polar surface area (TPSA) is 64.1 Å². The van der Waals surface area contributed by atoms with Gasteiger partial charge in [0, 0.05) is 24.5 Å². The molecule has 11 heavy (non-hydrogen) atoms. The van der Waals surface area contributed by atoms with Gasteiger partial charge in [-0.15, -0.1) is 0 Å². The molecule has 0 fully saturated rings. The van der Waals surface area contributed by atoms with Crippen LogP contribution in [-0.4, -0.2) is 12.6 Å². The molecule has 0 saturated heterocycles. The minimum atomic E-state index is 0.157. The summed E-state index contributed by atoms with van der Waals surface area (Å²) in [7, 11) is 0. The maximum absolute atomic E-state index is 5.54. The molecule has 0 bridgehead atoms. The third-order valence-electron chi connectivity index (χ3n) is 1.07. The van der Waals surface area contributed by atoms with Gasteiger partial charge in [-0.05, 0) is 19.9 Å². The first-order valence-electron chi connectivity index (χ1n) is 3.74. The third kappa shape index (κ3) is 6.93. The smallest absolute Gasteiger partial charge is 0.0470 e. The number of hydrogen-bond donors (Lipinski definition) is 3. The summed E-state index contributed by atoms with van der Waals surface area (Å²) in [4.78, 5) is 0. The van der Waals surface area contributed by atoms with Crippen LogP contribution in [0.2, 0.25) is 0 Å². The summed E-state index contributed by atoms with van der Waals surface area (Å²) in [5, 5.41) is 3.01. The van der Waals surface area contributed by atoms with Crippen LogP contribution in [0.25, 0.3) is 0 Å². The van der Waals surface area contributed by atoms with Gasteiger partial charge in [-0.1, -0.05) is 6.08 Å². The third-order valence-corrected chi connectivity index (χ3v) is 1.07. The van der Waals surface area contributed by atoms with Gasteiger partial charge in [0.2, 0.25) is 0 Å². The van der Waals surface area contributed by atoms with Gasteiger partial charge < -0.3 is 16.8 Å². The first kappa shape index (κ1) is 10.0. The second-order valence-electron chi connectivity index (χ2n) is 2.53. The zero-order valence-electron chi connectivity index (χ0n) is 7.17. The van der Waals surface area contributed by atoms with Gasteiger partial charge >= 0.3 is 0 Å². The fraction of sp³-hybridized carbons (Fsp3) is 0.500. The molecule has 1 atom stereocenters. The molecule has 0 aliphatic carbocycles. The summed E-state index contributed by atoms with van der Waals surface area (Å²) in [6.45, 7) is 4.61. The van der Waals surface area contributed by atoms with Crippen molar-refractivity contribution in [2.45, 2.75) is 19.9 Å². The highest BCUT2D eigenvalue weighted by molar-refractivity contribution is 5.12. The minimum absolute atomic E-state index is 0.157. The van der Waals surface area contributed by atoms with Gasteiger partial charge in [0.25, 0.3) is 0 Å². The molecule has 0 amide bonds. The Hall–Kier alpha value is -0.960. The van der Waals surface area contributed by atoms with Crippen molar-refractivity contribution in [3.05, 3.63) is 24.0 Å². The molecule has 0 aliphatic heterocycles. The Bertz CT molecular complexity index is 147. The normalized spacial score (nSPS) is 15.4. The van der Waals surface area contributed by atoms with Crippen molar-refractivity contribution in [3.63, 3.8) is 0 Å². The standard InChI is InChI=1S/C8H17N3/c1-3-4-8(10)6-11-5-7(2)9/h3-4,6-7,11H,5,9-10H2,1-2H3/b4-3-,8-6-. The minimum Gasteiger partial charge on any atom is -0.398 e. The van der Waals surface area contributed by atoms with Gasteiger partial charge in [-0.25, -0.2) is 0 Å². The zero-order chi connectivity index (χ0) is 8.69. The van der Waals surface area contributed by atoms with E-state index in [0.717, 1.165) is 6.54 Å². The molecule has 3 heteroatoms. The van der Waals surface area contributed by atoms with Crippen molar-refractivity contribution in [2.24, 2.45) is 11.5 Å². The first-order valence-corrected chi connectivity index (χ1v) is 3.74. The van der Waals surface area contributed by atoms with Gasteiger partial charge in [-0.2, -0.15) is 0 Å². The lowest BCUT2D eigenvalue weighted by atomic mass is 10.3. The molecule has 0 rings (SSSR count). The Morgan fingerprint density at radius 1 is 1.64 bits per heavy atom. The van der Waals surface area contributed by atoms with Crippen molar-refractivity contribution in [2.75, 3.05) is 6.54 Å². The Labute approximate surface area is 68.1 Å². The van der Waals surface area contributed by atoms with Crippen molar-refractivity contribution in [3.8, 4) is 0 Å². The van der Waals surface area contributed by atoms with E-state index in [9.17, 15) is 0 Å². The highest BCUT2D eigenvalue weighted by Gasteiger charge is 1.88. The van der Waals surface area contributed by atoms with Gasteiger partial charge in [-0.3, -0.25) is 0 Å². The molecule has 0 aromatic heterocycles. The Morgan fingerprint density at radius 3 is 2.73 bits per heavy atom. The summed E-state index contributed by atoms with van der Waals surface area (Å²) < 4.78 is 0. The summed E-state index contributed by atoms with van der Waals surface area (Å²) >= 11 is 0. The molecule has 0 heterocycles. The fourth-order valence-corrected chi connectivity index (χ4v) is 0.603. The Morgan fingerprint density at radius 2 is 2.27 bits per heavy atom. The summed E-state index contributed by atoms with van der Waals surface area (Å²) in [5.74, 6) is 0. The maximum Gasteiger partial charge on any atom is 0.0470 e. The average molecular weight is 155 g/mol. The summed E-state index contributed by atoms with van der Waals surface area (Å²) in [6.07, 6.45) is 5.47. The van der Waals surface area contributed by atoms with E-state index in [2.05, 4.69) is 5.32 Å². The van der Waals surface area contributed by atoms with Gasteiger partial charge in [0.05, 0.1) is 0 Å². The molecular formula is C8H17N3. The molecule has 0 saturated carbocycles. The molecule has 1 unspecified atom stereocenters. The molecular weight excluding hydrogens is 138 g/mol. The van der Waals surface area contributed by atoms with E-state index in [4.69, 9.17) is 11.5 Å². The lowest BCUT2D eigenvalue weighted by Gasteiger charge is -2.03. The Balaban J connectivity index is 3.56. The number of nitrogens with one attached hydrogen (secondary N) is 1. The Kier molecular flexibility index (Phi) is 5.29. The number of hydrogen-bond acceptors (Lipinski definition) is 3. The zero-order valence-corrected chi connectivity index (χ0v) is 7.17.